The molecular weight excluding hydrogens is 841 g/mol. The first-order valence-electron chi connectivity index (χ1n) is 23.4. The zero-order chi connectivity index (χ0) is 45.4. The molecule has 0 aliphatic carbocycles. The largest absolute Gasteiger partial charge is 0.309 e. The highest BCUT2D eigenvalue weighted by molar-refractivity contribution is 6.19. The van der Waals surface area contributed by atoms with Crippen molar-refractivity contribution in [3.05, 3.63) is 243 Å². The van der Waals surface area contributed by atoms with E-state index in [9.17, 15) is 0 Å². The Balaban J connectivity index is 0.920. The molecule has 4 aromatic heterocycles. The summed E-state index contributed by atoms with van der Waals surface area (Å²) in [6.07, 6.45) is 0. The van der Waals surface area contributed by atoms with Gasteiger partial charge in [0.15, 0.2) is 17.5 Å². The van der Waals surface area contributed by atoms with Gasteiger partial charge < -0.3 is 13.7 Å². The van der Waals surface area contributed by atoms with Crippen molar-refractivity contribution in [3.63, 3.8) is 0 Å². The first-order chi connectivity index (χ1) is 34.2. The molecule has 0 bridgehead atoms. The van der Waals surface area contributed by atoms with Gasteiger partial charge in [-0.25, -0.2) is 15.0 Å². The summed E-state index contributed by atoms with van der Waals surface area (Å²) in [7, 11) is 0. The maximum Gasteiger partial charge on any atom is 0.164 e. The molecule has 0 aliphatic heterocycles. The lowest BCUT2D eigenvalue weighted by atomic mass is 10.0. The summed E-state index contributed by atoms with van der Waals surface area (Å²) in [5, 5.41) is 7.33. The van der Waals surface area contributed by atoms with Crippen molar-refractivity contribution in [3.8, 4) is 62.4 Å². The van der Waals surface area contributed by atoms with E-state index < -0.39 is 0 Å². The number of fused-ring (bicyclic) bond motifs is 9. The molecule has 0 amide bonds. The molecular formula is C63H40N6. The van der Waals surface area contributed by atoms with Crippen LogP contribution in [0.1, 0.15) is 0 Å². The van der Waals surface area contributed by atoms with E-state index in [1.807, 2.05) is 6.07 Å². The lowest BCUT2D eigenvalue weighted by Gasteiger charge is -2.13. The van der Waals surface area contributed by atoms with Gasteiger partial charge in [-0.15, -0.1) is 0 Å². The van der Waals surface area contributed by atoms with Crippen LogP contribution in [0.3, 0.4) is 0 Å². The SMILES string of the molecule is c1ccc(-c2ccc(-c3nc(-c4ccc(-n5c6ccccc6c6cc7c8ccccc8n(-c8ccccc8)c7cc65)cc4)nc(-c4cccc(-n5c6ccccc6c6ccccc65)c4)n3)cc2)cc1. The lowest BCUT2D eigenvalue weighted by molar-refractivity contribution is 1.07. The third kappa shape index (κ3) is 6.30. The Morgan fingerprint density at radius 1 is 0.203 bits per heavy atom. The van der Waals surface area contributed by atoms with Crippen molar-refractivity contribution in [2.24, 2.45) is 0 Å². The first kappa shape index (κ1) is 38.8. The van der Waals surface area contributed by atoms with Gasteiger partial charge in [0.25, 0.3) is 0 Å². The highest BCUT2D eigenvalue weighted by Gasteiger charge is 2.20. The summed E-state index contributed by atoms with van der Waals surface area (Å²) in [5.74, 6) is 1.82. The maximum atomic E-state index is 5.26. The molecule has 0 spiro atoms. The minimum absolute atomic E-state index is 0.604. The summed E-state index contributed by atoms with van der Waals surface area (Å²) in [6, 6.07) is 86.2. The van der Waals surface area contributed by atoms with Crippen LogP contribution >= 0.6 is 0 Å². The zero-order valence-corrected chi connectivity index (χ0v) is 37.3. The molecule has 0 aliphatic rings. The second-order valence-corrected chi connectivity index (χ2v) is 17.6. The molecule has 0 radical (unpaired) electrons. The van der Waals surface area contributed by atoms with Crippen molar-refractivity contribution >= 4 is 65.4 Å². The highest BCUT2D eigenvalue weighted by Crippen LogP contribution is 2.40. The highest BCUT2D eigenvalue weighted by atomic mass is 15.0. The average Bonchev–Trinajstić information content (AvgIpc) is 4.06. The van der Waals surface area contributed by atoms with E-state index >= 15 is 0 Å². The van der Waals surface area contributed by atoms with Crippen LogP contribution in [0.5, 0.6) is 0 Å². The fourth-order valence-electron chi connectivity index (χ4n) is 10.5. The molecule has 69 heavy (non-hydrogen) atoms. The van der Waals surface area contributed by atoms with Crippen molar-refractivity contribution in [2.45, 2.75) is 0 Å². The molecule has 4 heterocycles. The summed E-state index contributed by atoms with van der Waals surface area (Å²) in [5.41, 5.74) is 15.2. The van der Waals surface area contributed by atoms with Gasteiger partial charge in [0, 0.05) is 66.1 Å². The van der Waals surface area contributed by atoms with Gasteiger partial charge in [-0.2, -0.15) is 0 Å². The van der Waals surface area contributed by atoms with E-state index in [0.717, 1.165) is 66.9 Å². The molecule has 14 rings (SSSR count). The van der Waals surface area contributed by atoms with Crippen molar-refractivity contribution in [2.75, 3.05) is 0 Å². The Morgan fingerprint density at radius 3 is 1.07 bits per heavy atom. The van der Waals surface area contributed by atoms with E-state index in [1.54, 1.807) is 0 Å². The number of benzene rings is 10. The Labute approximate surface area is 397 Å². The van der Waals surface area contributed by atoms with Crippen LogP contribution < -0.4 is 0 Å². The van der Waals surface area contributed by atoms with Crippen LogP contribution in [0, 0.1) is 0 Å². The molecule has 0 saturated heterocycles. The van der Waals surface area contributed by atoms with E-state index in [4.69, 9.17) is 15.0 Å². The molecule has 10 aromatic carbocycles. The molecule has 14 aromatic rings. The number of hydrogen-bond donors (Lipinski definition) is 0. The maximum absolute atomic E-state index is 5.26. The lowest BCUT2D eigenvalue weighted by Crippen LogP contribution is -2.01. The van der Waals surface area contributed by atoms with Gasteiger partial charge in [0.1, 0.15) is 0 Å². The Bertz CT molecular complexity index is 4220. The first-order valence-corrected chi connectivity index (χ1v) is 23.4. The average molecular weight is 881 g/mol. The molecule has 0 N–H and O–H groups in total. The summed E-state index contributed by atoms with van der Waals surface area (Å²) in [4.78, 5) is 15.7. The van der Waals surface area contributed by atoms with Crippen molar-refractivity contribution in [1.29, 1.82) is 0 Å². The van der Waals surface area contributed by atoms with Crippen molar-refractivity contribution in [1.82, 2.24) is 28.7 Å². The molecule has 0 unspecified atom stereocenters. The van der Waals surface area contributed by atoms with Gasteiger partial charge in [-0.05, 0) is 96.1 Å². The van der Waals surface area contributed by atoms with Crippen LogP contribution in [0.15, 0.2) is 243 Å². The molecule has 322 valence electrons. The predicted octanol–water partition coefficient (Wildman–Crippen LogP) is 15.8. The monoisotopic (exact) mass is 880 g/mol. The smallest absolute Gasteiger partial charge is 0.164 e. The number of nitrogens with zero attached hydrogens (tertiary/aromatic N) is 6. The fourth-order valence-corrected chi connectivity index (χ4v) is 10.5. The van der Waals surface area contributed by atoms with E-state index in [1.165, 1.54) is 43.4 Å². The Hall–Kier alpha value is -9.39. The summed E-state index contributed by atoms with van der Waals surface area (Å²) in [6.45, 7) is 0. The molecule has 0 atom stereocenters. The Kier molecular flexibility index (Phi) is 8.79. The van der Waals surface area contributed by atoms with Gasteiger partial charge in [0.2, 0.25) is 0 Å². The topological polar surface area (TPSA) is 53.5 Å². The number of aromatic nitrogens is 6. The minimum atomic E-state index is 0.604. The van der Waals surface area contributed by atoms with Gasteiger partial charge in [0.05, 0.1) is 33.1 Å². The number of para-hydroxylation sites is 5. The van der Waals surface area contributed by atoms with Crippen LogP contribution in [-0.2, 0) is 0 Å². The van der Waals surface area contributed by atoms with Gasteiger partial charge in [-0.3, -0.25) is 0 Å². The second-order valence-electron chi connectivity index (χ2n) is 17.6. The van der Waals surface area contributed by atoms with Gasteiger partial charge in [-0.1, -0.05) is 158 Å². The molecule has 0 fully saturated rings. The van der Waals surface area contributed by atoms with Crippen LogP contribution in [-0.4, -0.2) is 28.7 Å². The summed E-state index contributed by atoms with van der Waals surface area (Å²) < 4.78 is 7.11. The molecule has 0 saturated carbocycles. The summed E-state index contributed by atoms with van der Waals surface area (Å²) >= 11 is 0. The predicted molar refractivity (Wildman–Crippen MR) is 285 cm³/mol. The second kappa shape index (κ2) is 15.6. The number of rotatable bonds is 7. The zero-order valence-electron chi connectivity index (χ0n) is 37.3. The third-order valence-corrected chi connectivity index (χ3v) is 13.7. The van der Waals surface area contributed by atoms with Crippen LogP contribution in [0.2, 0.25) is 0 Å². The van der Waals surface area contributed by atoms with E-state index in [-0.39, 0.29) is 0 Å². The minimum Gasteiger partial charge on any atom is -0.309 e. The fraction of sp³-hybridized carbons (Fsp3) is 0. The standard InChI is InChI=1S/C63H40N6/c1-3-16-41(17-4-1)42-30-32-43(33-31-42)61-64-62(66-63(65-61)45-18-15-21-48(38-45)69-55-26-11-7-22-49(55)50-23-8-12-27-56(50)69)44-34-36-47(37-35-44)68-58-29-14-10-25-52(58)54-39-53-51-24-9-13-28-57(51)67(59(53)40-60(54)68)46-19-5-2-6-20-46/h1-40H. The Morgan fingerprint density at radius 2 is 0.551 bits per heavy atom. The van der Waals surface area contributed by atoms with Gasteiger partial charge >= 0.3 is 0 Å². The number of hydrogen-bond acceptors (Lipinski definition) is 3. The third-order valence-electron chi connectivity index (χ3n) is 13.7. The quantitative estimate of drug-likeness (QED) is 0.160. The van der Waals surface area contributed by atoms with Crippen LogP contribution in [0.4, 0.5) is 0 Å². The molecule has 6 nitrogen and oxygen atoms in total. The van der Waals surface area contributed by atoms with E-state index in [2.05, 4.69) is 250 Å². The normalized spacial score (nSPS) is 11.8. The van der Waals surface area contributed by atoms with Crippen LogP contribution in [0.25, 0.3) is 128 Å². The van der Waals surface area contributed by atoms with E-state index in [0.29, 0.717) is 17.5 Å². The molecule has 6 heteroatoms. The van der Waals surface area contributed by atoms with Crippen molar-refractivity contribution < 1.29 is 0 Å².